The zero-order chi connectivity index (χ0) is 20.3. The maximum absolute atomic E-state index is 12.9. The number of esters is 1. The van der Waals surface area contributed by atoms with Crippen molar-refractivity contribution in [2.75, 3.05) is 5.75 Å². The third-order valence-corrected chi connectivity index (χ3v) is 4.01. The van der Waals surface area contributed by atoms with Crippen molar-refractivity contribution in [2.24, 2.45) is 0 Å². The van der Waals surface area contributed by atoms with Gasteiger partial charge in [0.25, 0.3) is 0 Å². The Hall–Kier alpha value is -2.80. The number of fused-ring (bicyclic) bond motifs is 1. The molecule has 0 radical (unpaired) electrons. The first-order valence-corrected chi connectivity index (χ1v) is 9.54. The predicted octanol–water partition coefficient (Wildman–Crippen LogP) is 4.71. The highest BCUT2D eigenvalue weighted by molar-refractivity contribution is 7.80. The molecule has 1 aromatic heterocycles. The van der Waals surface area contributed by atoms with E-state index >= 15 is 0 Å². The Morgan fingerprint density at radius 3 is 2.46 bits per heavy atom. The molecule has 0 N–H and O–H groups in total. The molecule has 0 saturated carbocycles. The third kappa shape index (κ3) is 4.54. The molecular formula is C21H22N2O4S. The van der Waals surface area contributed by atoms with Crippen LogP contribution in [-0.2, 0) is 9.53 Å². The van der Waals surface area contributed by atoms with Crippen molar-refractivity contribution in [1.82, 2.24) is 9.55 Å². The molecule has 0 aliphatic carbocycles. The number of ether oxygens (including phenoxy) is 2. The Morgan fingerprint density at radius 2 is 1.82 bits per heavy atom. The molecule has 146 valence electrons. The monoisotopic (exact) mass is 398 g/mol. The lowest BCUT2D eigenvalue weighted by atomic mass is 10.2. The molecule has 0 spiro atoms. The minimum Gasteiger partial charge on any atom is -0.443 e. The number of nitrogens with zero attached hydrogens (tertiary/aromatic N) is 2. The number of imidazole rings is 1. The van der Waals surface area contributed by atoms with Crippen LogP contribution in [0.3, 0.4) is 0 Å². The van der Waals surface area contributed by atoms with Crippen LogP contribution < -0.4 is 4.74 Å². The lowest BCUT2D eigenvalue weighted by molar-refractivity contribution is -0.133. The maximum atomic E-state index is 12.9. The van der Waals surface area contributed by atoms with Crippen molar-refractivity contribution in [3.63, 3.8) is 0 Å². The average molecular weight is 398 g/mol. The van der Waals surface area contributed by atoms with Gasteiger partial charge in [-0.15, -0.1) is 0 Å². The van der Waals surface area contributed by atoms with E-state index in [1.54, 1.807) is 39.0 Å². The largest absolute Gasteiger partial charge is 0.443 e. The van der Waals surface area contributed by atoms with Gasteiger partial charge in [0.2, 0.25) is 0 Å². The Bertz CT molecular complexity index is 1010. The highest BCUT2D eigenvalue weighted by atomic mass is 32.1. The molecule has 1 heterocycles. The summed E-state index contributed by atoms with van der Waals surface area (Å²) in [5, 5.41) is 0. The normalized spacial score (nSPS) is 11.4. The quantitative estimate of drug-likeness (QED) is 0.391. The van der Waals surface area contributed by atoms with Crippen molar-refractivity contribution in [2.45, 2.75) is 32.8 Å². The fourth-order valence-corrected chi connectivity index (χ4v) is 2.85. The zero-order valence-corrected chi connectivity index (χ0v) is 16.9. The maximum Gasteiger partial charge on any atom is 0.420 e. The van der Waals surface area contributed by atoms with E-state index in [2.05, 4.69) is 17.6 Å². The molecule has 3 rings (SSSR count). The minimum absolute atomic E-state index is 0.196. The fraction of sp³-hybridized carbons (Fsp3) is 0.286. The van der Waals surface area contributed by atoms with E-state index in [9.17, 15) is 9.59 Å². The van der Waals surface area contributed by atoms with E-state index < -0.39 is 11.7 Å². The van der Waals surface area contributed by atoms with E-state index in [-0.39, 0.29) is 12.4 Å². The SMILES string of the molecule is CC(C)(C)OC(=O)n1c(-c2ccccc2)nc2ccc(OC(=O)CCS)cc21. The van der Waals surface area contributed by atoms with Crippen LogP contribution in [0.2, 0.25) is 0 Å². The van der Waals surface area contributed by atoms with E-state index in [4.69, 9.17) is 9.47 Å². The van der Waals surface area contributed by atoms with Crippen LogP contribution in [0.25, 0.3) is 22.4 Å². The van der Waals surface area contributed by atoms with Gasteiger partial charge >= 0.3 is 12.1 Å². The van der Waals surface area contributed by atoms with E-state index in [1.807, 2.05) is 30.3 Å². The molecule has 0 unspecified atom stereocenters. The van der Waals surface area contributed by atoms with Crippen LogP contribution in [-0.4, -0.2) is 33.0 Å². The average Bonchev–Trinajstić information content (AvgIpc) is 3.00. The van der Waals surface area contributed by atoms with Crippen LogP contribution >= 0.6 is 12.6 Å². The number of aromatic nitrogens is 2. The van der Waals surface area contributed by atoms with E-state index in [1.165, 1.54) is 4.57 Å². The summed E-state index contributed by atoms with van der Waals surface area (Å²) >= 11 is 4.04. The standard InChI is InChI=1S/C21H22N2O4S/c1-21(2,3)27-20(25)23-17-13-15(26-18(24)11-12-28)9-10-16(17)22-19(23)14-7-5-4-6-8-14/h4-10,13,28H,11-12H2,1-3H3. The molecule has 2 aromatic carbocycles. The van der Waals surface area contributed by atoms with Crippen LogP contribution in [0.4, 0.5) is 4.79 Å². The first kappa shape index (κ1) is 19.9. The molecule has 28 heavy (non-hydrogen) atoms. The van der Waals surface area contributed by atoms with Crippen molar-refractivity contribution in [3.05, 3.63) is 48.5 Å². The number of carbonyl (C=O) groups excluding carboxylic acids is 2. The Kier molecular flexibility index (Phi) is 5.74. The fourth-order valence-electron chi connectivity index (χ4n) is 2.67. The van der Waals surface area contributed by atoms with E-state index in [0.717, 1.165) is 5.56 Å². The first-order valence-electron chi connectivity index (χ1n) is 8.91. The summed E-state index contributed by atoms with van der Waals surface area (Å²) in [4.78, 5) is 29.3. The van der Waals surface area contributed by atoms with Crippen molar-refractivity contribution in [1.29, 1.82) is 0 Å². The van der Waals surface area contributed by atoms with Gasteiger partial charge in [0.15, 0.2) is 5.82 Å². The molecule has 0 bridgehead atoms. The number of carbonyl (C=O) groups is 2. The number of benzene rings is 2. The van der Waals surface area contributed by atoms with Crippen LogP contribution in [0, 0.1) is 0 Å². The summed E-state index contributed by atoms with van der Waals surface area (Å²) in [5.74, 6) is 0.808. The predicted molar refractivity (Wildman–Crippen MR) is 111 cm³/mol. The first-order chi connectivity index (χ1) is 13.3. The molecule has 6 nitrogen and oxygen atoms in total. The van der Waals surface area contributed by atoms with Gasteiger partial charge < -0.3 is 9.47 Å². The molecule has 7 heteroatoms. The minimum atomic E-state index is -0.668. The Morgan fingerprint density at radius 1 is 1.11 bits per heavy atom. The second kappa shape index (κ2) is 8.06. The summed E-state index contributed by atoms with van der Waals surface area (Å²) in [7, 11) is 0. The summed E-state index contributed by atoms with van der Waals surface area (Å²) in [6.07, 6.45) is -0.352. The van der Waals surface area contributed by atoms with Gasteiger partial charge in [0, 0.05) is 17.4 Å². The van der Waals surface area contributed by atoms with Crippen molar-refractivity contribution in [3.8, 4) is 17.1 Å². The molecule has 3 aromatic rings. The van der Waals surface area contributed by atoms with Crippen LogP contribution in [0.5, 0.6) is 5.75 Å². The highest BCUT2D eigenvalue weighted by Gasteiger charge is 2.24. The molecule has 0 fully saturated rings. The molecule has 0 aliphatic rings. The summed E-state index contributed by atoms with van der Waals surface area (Å²) in [6.45, 7) is 5.41. The zero-order valence-electron chi connectivity index (χ0n) is 16.0. The lowest BCUT2D eigenvalue weighted by Crippen LogP contribution is -2.27. The number of hydrogen-bond acceptors (Lipinski definition) is 6. The van der Waals surface area contributed by atoms with E-state index in [0.29, 0.717) is 28.4 Å². The lowest BCUT2D eigenvalue weighted by Gasteiger charge is -2.20. The van der Waals surface area contributed by atoms with Gasteiger partial charge in [-0.2, -0.15) is 12.6 Å². The van der Waals surface area contributed by atoms with Crippen molar-refractivity contribution >= 4 is 35.7 Å². The number of rotatable bonds is 4. The molecular weight excluding hydrogens is 376 g/mol. The summed E-state index contributed by atoms with van der Waals surface area (Å²) in [5.41, 5.74) is 1.21. The Labute approximate surface area is 168 Å². The van der Waals surface area contributed by atoms with Gasteiger partial charge in [-0.05, 0) is 32.9 Å². The summed E-state index contributed by atoms with van der Waals surface area (Å²) < 4.78 is 12.3. The van der Waals surface area contributed by atoms with Crippen LogP contribution in [0.1, 0.15) is 27.2 Å². The molecule has 0 atom stereocenters. The third-order valence-electron chi connectivity index (χ3n) is 3.78. The van der Waals surface area contributed by atoms with Crippen molar-refractivity contribution < 1.29 is 19.1 Å². The second-order valence-corrected chi connectivity index (χ2v) is 7.66. The van der Waals surface area contributed by atoms with Gasteiger partial charge in [-0.25, -0.2) is 14.3 Å². The Balaban J connectivity index is 2.12. The number of thiol groups is 1. The van der Waals surface area contributed by atoms with Crippen LogP contribution in [0.15, 0.2) is 48.5 Å². The second-order valence-electron chi connectivity index (χ2n) is 7.22. The molecule has 0 aliphatic heterocycles. The topological polar surface area (TPSA) is 70.4 Å². The highest BCUT2D eigenvalue weighted by Crippen LogP contribution is 2.29. The molecule has 0 saturated heterocycles. The number of hydrogen-bond donors (Lipinski definition) is 1. The van der Waals surface area contributed by atoms with Gasteiger partial charge in [-0.1, -0.05) is 30.3 Å². The summed E-state index contributed by atoms with van der Waals surface area (Å²) in [6, 6.07) is 14.4. The van der Waals surface area contributed by atoms with Gasteiger partial charge in [0.1, 0.15) is 11.4 Å². The molecule has 0 amide bonds. The van der Waals surface area contributed by atoms with Gasteiger partial charge in [-0.3, -0.25) is 4.79 Å². The smallest absolute Gasteiger partial charge is 0.420 e. The van der Waals surface area contributed by atoms with Gasteiger partial charge in [0.05, 0.1) is 17.5 Å².